The van der Waals surface area contributed by atoms with Gasteiger partial charge in [0.15, 0.2) is 0 Å². The Morgan fingerprint density at radius 1 is 1.23 bits per heavy atom. The predicted octanol–water partition coefficient (Wildman–Crippen LogP) is 5.64. The van der Waals surface area contributed by atoms with E-state index < -0.39 is 18.1 Å². The number of allylic oxidation sites excluding steroid dienone is 1. The van der Waals surface area contributed by atoms with E-state index in [1.807, 2.05) is 25.3 Å². The molecule has 31 heavy (non-hydrogen) atoms. The van der Waals surface area contributed by atoms with Crippen LogP contribution in [-0.2, 0) is 9.53 Å². The average molecular weight is 509 g/mol. The van der Waals surface area contributed by atoms with Crippen LogP contribution in [0.1, 0.15) is 31.4 Å². The highest BCUT2D eigenvalue weighted by atomic mass is 79.9. The zero-order valence-electron chi connectivity index (χ0n) is 17.2. The van der Waals surface area contributed by atoms with E-state index >= 15 is 0 Å². The Labute approximate surface area is 194 Å². The molecule has 0 fully saturated rings. The molecule has 0 saturated heterocycles. The third-order valence-corrected chi connectivity index (χ3v) is 5.79. The summed E-state index contributed by atoms with van der Waals surface area (Å²) in [6.07, 6.45) is 4.55. The van der Waals surface area contributed by atoms with Crippen LogP contribution >= 0.6 is 27.7 Å². The monoisotopic (exact) mass is 508 g/mol. The molecular formula is C22H25BrN2O5S. The van der Waals surface area contributed by atoms with Gasteiger partial charge in [-0.3, -0.25) is 15.3 Å². The lowest BCUT2D eigenvalue weighted by atomic mass is 9.92. The molecule has 2 aromatic rings. The summed E-state index contributed by atoms with van der Waals surface area (Å²) in [7, 11) is 0. The number of hydrogen-bond donors (Lipinski definition) is 4. The molecule has 7 nitrogen and oxygen atoms in total. The minimum atomic E-state index is -0.719. The van der Waals surface area contributed by atoms with Gasteiger partial charge in [0.2, 0.25) is 0 Å². The lowest BCUT2D eigenvalue weighted by Gasteiger charge is -2.25. The average Bonchev–Trinajstić information content (AvgIpc) is 2.77. The van der Waals surface area contributed by atoms with E-state index in [0.717, 1.165) is 9.37 Å². The summed E-state index contributed by atoms with van der Waals surface area (Å²) in [5.74, 6) is -0.768. The van der Waals surface area contributed by atoms with Crippen LogP contribution in [0.4, 0.5) is 10.5 Å². The van der Waals surface area contributed by atoms with Crippen molar-refractivity contribution in [1.82, 2.24) is 5.48 Å². The summed E-state index contributed by atoms with van der Waals surface area (Å²) < 4.78 is 6.46. The van der Waals surface area contributed by atoms with Gasteiger partial charge >= 0.3 is 6.09 Å². The first kappa shape index (κ1) is 24.8. The second-order valence-electron chi connectivity index (χ2n) is 6.82. The van der Waals surface area contributed by atoms with Gasteiger partial charge in [0, 0.05) is 26.7 Å². The smallest absolute Gasteiger partial charge is 0.412 e. The Morgan fingerprint density at radius 2 is 1.94 bits per heavy atom. The van der Waals surface area contributed by atoms with Gasteiger partial charge in [-0.05, 0) is 67.5 Å². The zero-order chi connectivity index (χ0) is 22.8. The van der Waals surface area contributed by atoms with Crippen molar-refractivity contribution >= 4 is 45.4 Å². The van der Waals surface area contributed by atoms with E-state index in [-0.39, 0.29) is 11.7 Å². The van der Waals surface area contributed by atoms with E-state index in [1.54, 1.807) is 42.1 Å². The maximum atomic E-state index is 12.6. The number of aromatic hydroxyl groups is 1. The molecule has 0 radical (unpaired) electrons. The van der Waals surface area contributed by atoms with Crippen molar-refractivity contribution in [2.24, 2.45) is 5.92 Å². The molecule has 0 bridgehead atoms. The Hall–Kier alpha value is -2.49. The predicted molar refractivity (Wildman–Crippen MR) is 124 cm³/mol. The molecule has 0 aliphatic heterocycles. The van der Waals surface area contributed by atoms with Crippen LogP contribution in [0, 0.1) is 5.92 Å². The molecule has 166 valence electrons. The van der Waals surface area contributed by atoms with Crippen LogP contribution in [0.25, 0.3) is 0 Å². The summed E-state index contributed by atoms with van der Waals surface area (Å²) in [5, 5.41) is 21.6. The first-order chi connectivity index (χ1) is 14.8. The zero-order valence-corrected chi connectivity index (χ0v) is 19.6. The van der Waals surface area contributed by atoms with Gasteiger partial charge in [0.05, 0.1) is 0 Å². The fourth-order valence-corrected chi connectivity index (χ4v) is 3.70. The number of carbonyl (C=O) groups excluding carboxylic acids is 2. The highest BCUT2D eigenvalue weighted by molar-refractivity contribution is 9.10. The maximum Gasteiger partial charge on any atom is 0.412 e. The number of benzene rings is 2. The Bertz CT molecular complexity index is 921. The molecule has 0 aromatic heterocycles. The number of phenols is 1. The van der Waals surface area contributed by atoms with Crippen molar-refractivity contribution in [2.45, 2.75) is 30.8 Å². The number of nitrogens with one attached hydrogen (secondary N) is 2. The molecule has 0 spiro atoms. The van der Waals surface area contributed by atoms with Crippen molar-refractivity contribution in [3.63, 3.8) is 0 Å². The van der Waals surface area contributed by atoms with Gasteiger partial charge in [0.25, 0.3) is 5.91 Å². The topological polar surface area (TPSA) is 108 Å². The number of carbonyl (C=O) groups is 2. The first-order valence-electron chi connectivity index (χ1n) is 9.54. The molecule has 0 aliphatic rings. The number of rotatable bonds is 9. The highest BCUT2D eigenvalue weighted by Gasteiger charge is 2.26. The quantitative estimate of drug-likeness (QED) is 0.151. The van der Waals surface area contributed by atoms with Crippen molar-refractivity contribution in [3.05, 3.63) is 64.7 Å². The summed E-state index contributed by atoms with van der Waals surface area (Å²) in [6, 6.07) is 12.3. The molecule has 2 amide bonds. The van der Waals surface area contributed by atoms with Gasteiger partial charge in [-0.15, -0.1) is 11.8 Å². The molecule has 9 heteroatoms. The third-order valence-electron chi connectivity index (χ3n) is 4.55. The fraction of sp³-hybridized carbons (Fsp3) is 0.273. The first-order valence-corrected chi connectivity index (χ1v) is 11.6. The molecular weight excluding hydrogens is 484 g/mol. The van der Waals surface area contributed by atoms with E-state index in [1.165, 1.54) is 17.6 Å². The van der Waals surface area contributed by atoms with Crippen LogP contribution in [0.2, 0.25) is 0 Å². The molecule has 0 aliphatic carbocycles. The summed E-state index contributed by atoms with van der Waals surface area (Å²) >= 11 is 4.99. The Kier molecular flexibility index (Phi) is 9.90. The standard InChI is InChI=1S/C22H25BrN2O5S/c1-14(5-3-4-6-20(27)25-29)21(18-13-15(23)7-12-19(18)26)30-22(28)24-16-8-10-17(31-2)11-9-16/h4,6-14,21,26,29H,3,5H2,1-2H3,(H,24,28)(H,25,27)/b6-4+/t14-,21-/m1/s1. The van der Waals surface area contributed by atoms with Crippen LogP contribution in [0.3, 0.4) is 0 Å². The lowest BCUT2D eigenvalue weighted by molar-refractivity contribution is -0.124. The number of halogens is 1. The summed E-state index contributed by atoms with van der Waals surface area (Å²) in [4.78, 5) is 24.7. The van der Waals surface area contributed by atoms with Gasteiger partial charge in [-0.1, -0.05) is 28.9 Å². The minimum absolute atomic E-state index is 0.0207. The summed E-state index contributed by atoms with van der Waals surface area (Å²) in [6.45, 7) is 1.89. The SMILES string of the molecule is CSc1ccc(NC(=O)O[C@@H](c2cc(Br)ccc2O)[C@H](C)CC/C=C/C(=O)NO)cc1. The van der Waals surface area contributed by atoms with Crippen LogP contribution in [0.15, 0.2) is 64.0 Å². The number of amides is 2. The normalized spacial score (nSPS) is 12.9. The molecule has 0 unspecified atom stereocenters. The van der Waals surface area contributed by atoms with Gasteiger partial charge in [0.1, 0.15) is 11.9 Å². The van der Waals surface area contributed by atoms with Gasteiger partial charge in [-0.2, -0.15) is 0 Å². The molecule has 0 heterocycles. The van der Waals surface area contributed by atoms with Crippen LogP contribution < -0.4 is 10.8 Å². The second kappa shape index (κ2) is 12.4. The number of phenolic OH excluding ortho intramolecular Hbond substituents is 1. The summed E-state index contributed by atoms with van der Waals surface area (Å²) in [5.41, 5.74) is 2.61. The van der Waals surface area contributed by atoms with Crippen molar-refractivity contribution in [3.8, 4) is 5.75 Å². The van der Waals surface area contributed by atoms with Crippen molar-refractivity contribution in [1.29, 1.82) is 0 Å². The highest BCUT2D eigenvalue weighted by Crippen LogP contribution is 2.36. The second-order valence-corrected chi connectivity index (χ2v) is 8.61. The van der Waals surface area contributed by atoms with Crippen molar-refractivity contribution in [2.75, 3.05) is 11.6 Å². The largest absolute Gasteiger partial charge is 0.508 e. The van der Waals surface area contributed by atoms with Crippen LogP contribution in [0.5, 0.6) is 5.75 Å². The number of ether oxygens (including phenoxy) is 1. The molecule has 2 atom stereocenters. The van der Waals surface area contributed by atoms with E-state index in [4.69, 9.17) is 9.94 Å². The number of hydroxylamine groups is 1. The minimum Gasteiger partial charge on any atom is -0.508 e. The van der Waals surface area contributed by atoms with Gasteiger partial charge in [-0.25, -0.2) is 10.3 Å². The van der Waals surface area contributed by atoms with Crippen molar-refractivity contribution < 1.29 is 24.6 Å². The molecule has 0 saturated carbocycles. The molecule has 2 rings (SSSR count). The van der Waals surface area contributed by atoms with E-state index in [0.29, 0.717) is 24.1 Å². The van der Waals surface area contributed by atoms with Gasteiger partial charge < -0.3 is 9.84 Å². The van der Waals surface area contributed by atoms with E-state index in [9.17, 15) is 14.7 Å². The lowest BCUT2D eigenvalue weighted by Crippen LogP contribution is -2.22. The number of anilines is 1. The Morgan fingerprint density at radius 3 is 2.58 bits per heavy atom. The third kappa shape index (κ3) is 7.93. The fourth-order valence-electron chi connectivity index (χ4n) is 2.91. The maximum absolute atomic E-state index is 12.6. The van der Waals surface area contributed by atoms with E-state index in [2.05, 4.69) is 21.2 Å². The van der Waals surface area contributed by atoms with Crippen LogP contribution in [-0.4, -0.2) is 28.6 Å². The number of hydrogen-bond acceptors (Lipinski definition) is 6. The Balaban J connectivity index is 2.14. The number of thioether (sulfide) groups is 1. The molecule has 2 aromatic carbocycles. The molecule has 4 N–H and O–H groups in total.